The monoisotopic (exact) mass is 717 g/mol. The van der Waals surface area contributed by atoms with Gasteiger partial charge in [-0.15, -0.1) is 0 Å². The molecule has 0 unspecified atom stereocenters. The average Bonchev–Trinajstić information content (AvgIpc) is 3.81. The van der Waals surface area contributed by atoms with Crippen molar-refractivity contribution in [1.82, 2.24) is 14.5 Å². The largest absolute Gasteiger partial charge is 0.456 e. The number of hydrogen-bond donors (Lipinski definition) is 0. The van der Waals surface area contributed by atoms with E-state index in [2.05, 4.69) is 180 Å². The molecule has 0 fully saturated rings. The second-order valence-electron chi connectivity index (χ2n) is 14.1. The molecule has 0 spiro atoms. The molecule has 0 amide bonds. The van der Waals surface area contributed by atoms with Gasteiger partial charge in [-0.05, 0) is 68.9 Å². The molecule has 0 saturated carbocycles. The molecule has 4 heteroatoms. The Labute approximate surface area is 322 Å². The summed E-state index contributed by atoms with van der Waals surface area (Å²) in [6.45, 7) is 4.00. The predicted molar refractivity (Wildman–Crippen MR) is 236 cm³/mol. The van der Waals surface area contributed by atoms with Gasteiger partial charge in [-0.1, -0.05) is 153 Å². The zero-order chi connectivity index (χ0) is 37.3. The van der Waals surface area contributed by atoms with E-state index in [1.165, 1.54) is 21.5 Å². The van der Waals surface area contributed by atoms with Crippen LogP contribution in [0.25, 0.3) is 115 Å². The van der Waals surface area contributed by atoms with E-state index in [1.807, 2.05) is 13.8 Å². The van der Waals surface area contributed by atoms with Crippen molar-refractivity contribution in [3.05, 3.63) is 176 Å². The molecule has 0 radical (unpaired) electrons. The first kappa shape index (κ1) is 32.2. The van der Waals surface area contributed by atoms with Crippen LogP contribution in [0.4, 0.5) is 0 Å². The number of benzene rings is 9. The standard InChI is InChI=1S/C50H29N3O.C2H6/c1-2-13-32(14-3-1)47-40-24-21-31-12-7-9-18-37(31)48(40)52-50(51-47)53-43-29-34-16-5-4-15-33(34)27-41(43)39-20-10-19-38(49(39)53)35-23-25-44-42(28-35)46-36-17-8-6-11-30(36)22-26-45(46)54-44;1-2/h1-29H;1-2H3. The summed E-state index contributed by atoms with van der Waals surface area (Å²) in [7, 11) is 0. The number of fused-ring (bicyclic) bond motifs is 12. The molecule has 0 bridgehead atoms. The van der Waals surface area contributed by atoms with E-state index in [0.29, 0.717) is 5.95 Å². The molecule has 12 aromatic rings. The lowest BCUT2D eigenvalue weighted by molar-refractivity contribution is 0.669. The number of nitrogens with zero attached hydrogens (tertiary/aromatic N) is 3. The number of furan rings is 1. The van der Waals surface area contributed by atoms with Gasteiger partial charge in [0.05, 0.1) is 22.2 Å². The smallest absolute Gasteiger partial charge is 0.235 e. The Morgan fingerprint density at radius 3 is 1.91 bits per heavy atom. The van der Waals surface area contributed by atoms with Crippen molar-refractivity contribution in [3.63, 3.8) is 0 Å². The minimum Gasteiger partial charge on any atom is -0.456 e. The molecule has 3 heterocycles. The van der Waals surface area contributed by atoms with Crippen molar-refractivity contribution in [2.45, 2.75) is 13.8 Å². The Morgan fingerprint density at radius 2 is 1.09 bits per heavy atom. The molecule has 0 saturated heterocycles. The van der Waals surface area contributed by atoms with Crippen molar-refractivity contribution in [2.24, 2.45) is 0 Å². The predicted octanol–water partition coefficient (Wildman–Crippen LogP) is 14.4. The summed E-state index contributed by atoms with van der Waals surface area (Å²) in [5.74, 6) is 0.640. The summed E-state index contributed by atoms with van der Waals surface area (Å²) in [4.78, 5) is 11.0. The van der Waals surface area contributed by atoms with Gasteiger partial charge in [-0.3, -0.25) is 4.57 Å². The Hall–Kier alpha value is -7.30. The van der Waals surface area contributed by atoms with E-state index in [1.54, 1.807) is 0 Å². The molecule has 0 aliphatic rings. The van der Waals surface area contributed by atoms with Crippen molar-refractivity contribution >= 4 is 87.0 Å². The molecule has 9 aromatic carbocycles. The van der Waals surface area contributed by atoms with Crippen molar-refractivity contribution in [2.75, 3.05) is 0 Å². The van der Waals surface area contributed by atoms with Gasteiger partial charge in [0.1, 0.15) is 11.2 Å². The third-order valence-corrected chi connectivity index (χ3v) is 11.2. The number of aromatic nitrogens is 3. The molecule has 0 N–H and O–H groups in total. The first-order valence-corrected chi connectivity index (χ1v) is 19.3. The van der Waals surface area contributed by atoms with Crippen molar-refractivity contribution in [1.29, 1.82) is 0 Å². The van der Waals surface area contributed by atoms with Gasteiger partial charge in [-0.2, -0.15) is 0 Å². The quantitative estimate of drug-likeness (QED) is 0.171. The molecule has 12 rings (SSSR count). The lowest BCUT2D eigenvalue weighted by Crippen LogP contribution is -2.04. The third kappa shape index (κ3) is 4.79. The maximum absolute atomic E-state index is 6.43. The molecular formula is C52H35N3O. The second-order valence-corrected chi connectivity index (χ2v) is 14.1. The molecule has 4 nitrogen and oxygen atoms in total. The lowest BCUT2D eigenvalue weighted by atomic mass is 9.98. The second kappa shape index (κ2) is 12.6. The van der Waals surface area contributed by atoms with Gasteiger partial charge in [0, 0.05) is 43.4 Å². The summed E-state index contributed by atoms with van der Waals surface area (Å²) in [5.41, 5.74) is 9.01. The third-order valence-electron chi connectivity index (χ3n) is 11.2. The molecule has 0 atom stereocenters. The van der Waals surface area contributed by atoms with Gasteiger partial charge >= 0.3 is 0 Å². The van der Waals surface area contributed by atoms with E-state index < -0.39 is 0 Å². The highest BCUT2D eigenvalue weighted by atomic mass is 16.3. The summed E-state index contributed by atoms with van der Waals surface area (Å²) in [5, 5.41) is 12.6. The van der Waals surface area contributed by atoms with Crippen LogP contribution in [0.15, 0.2) is 180 Å². The van der Waals surface area contributed by atoms with Crippen molar-refractivity contribution in [3.8, 4) is 28.3 Å². The summed E-state index contributed by atoms with van der Waals surface area (Å²) in [6, 6.07) is 62.5. The van der Waals surface area contributed by atoms with Gasteiger partial charge in [0.15, 0.2) is 0 Å². The van der Waals surface area contributed by atoms with E-state index >= 15 is 0 Å². The van der Waals surface area contributed by atoms with E-state index in [0.717, 1.165) is 87.8 Å². The van der Waals surface area contributed by atoms with Crippen LogP contribution in [0.1, 0.15) is 13.8 Å². The van der Waals surface area contributed by atoms with Gasteiger partial charge in [0.25, 0.3) is 0 Å². The fourth-order valence-electron chi connectivity index (χ4n) is 8.67. The van der Waals surface area contributed by atoms with Crippen LogP contribution < -0.4 is 0 Å². The Kier molecular flexibility index (Phi) is 7.26. The zero-order valence-electron chi connectivity index (χ0n) is 31.0. The van der Waals surface area contributed by atoms with E-state index in [9.17, 15) is 0 Å². The van der Waals surface area contributed by atoms with Gasteiger partial charge < -0.3 is 4.42 Å². The van der Waals surface area contributed by atoms with Crippen LogP contribution in [-0.2, 0) is 0 Å². The Balaban J connectivity index is 0.00000179. The van der Waals surface area contributed by atoms with Crippen LogP contribution >= 0.6 is 0 Å². The molecule has 264 valence electrons. The van der Waals surface area contributed by atoms with Crippen LogP contribution in [0.3, 0.4) is 0 Å². The van der Waals surface area contributed by atoms with E-state index in [4.69, 9.17) is 14.4 Å². The number of rotatable bonds is 3. The zero-order valence-corrected chi connectivity index (χ0v) is 31.0. The molecule has 56 heavy (non-hydrogen) atoms. The van der Waals surface area contributed by atoms with Crippen LogP contribution in [0, 0.1) is 0 Å². The summed E-state index contributed by atoms with van der Waals surface area (Å²) >= 11 is 0. The first-order chi connectivity index (χ1) is 27.8. The van der Waals surface area contributed by atoms with Crippen LogP contribution in [-0.4, -0.2) is 14.5 Å². The Morgan fingerprint density at radius 1 is 0.429 bits per heavy atom. The molecular weight excluding hydrogens is 683 g/mol. The molecule has 0 aliphatic carbocycles. The average molecular weight is 718 g/mol. The fourth-order valence-corrected chi connectivity index (χ4v) is 8.67. The normalized spacial score (nSPS) is 11.8. The lowest BCUT2D eigenvalue weighted by Gasteiger charge is -2.15. The topological polar surface area (TPSA) is 43.9 Å². The maximum Gasteiger partial charge on any atom is 0.235 e. The highest BCUT2D eigenvalue weighted by Crippen LogP contribution is 2.43. The molecule has 0 aliphatic heterocycles. The maximum atomic E-state index is 6.43. The van der Waals surface area contributed by atoms with Crippen LogP contribution in [0.2, 0.25) is 0 Å². The summed E-state index contributed by atoms with van der Waals surface area (Å²) in [6.07, 6.45) is 0. The summed E-state index contributed by atoms with van der Waals surface area (Å²) < 4.78 is 8.73. The van der Waals surface area contributed by atoms with Crippen LogP contribution in [0.5, 0.6) is 0 Å². The number of hydrogen-bond acceptors (Lipinski definition) is 3. The highest BCUT2D eigenvalue weighted by molar-refractivity contribution is 6.21. The highest BCUT2D eigenvalue weighted by Gasteiger charge is 2.22. The molecule has 3 aromatic heterocycles. The van der Waals surface area contributed by atoms with Gasteiger partial charge in [-0.25, -0.2) is 9.97 Å². The van der Waals surface area contributed by atoms with Gasteiger partial charge in [0.2, 0.25) is 5.95 Å². The van der Waals surface area contributed by atoms with E-state index in [-0.39, 0.29) is 0 Å². The minimum atomic E-state index is 0.640. The fraction of sp³-hybridized carbons (Fsp3) is 0.0385. The van der Waals surface area contributed by atoms with Crippen molar-refractivity contribution < 1.29 is 4.42 Å². The first-order valence-electron chi connectivity index (χ1n) is 19.3. The minimum absolute atomic E-state index is 0.640. The Bertz CT molecular complexity index is 3500. The number of para-hydroxylation sites is 1. The SMILES string of the molecule is CC.c1ccc(-c2nc(-n3c4cc5ccccc5cc4c4cccc(-c5ccc6oc7ccc8ccccc8c7c6c5)c43)nc3c2ccc2ccccc23)cc1.